The van der Waals surface area contributed by atoms with Crippen molar-refractivity contribution in [2.45, 2.75) is 12.8 Å². The van der Waals surface area contributed by atoms with Gasteiger partial charge in [-0.2, -0.15) is 0 Å². The van der Waals surface area contributed by atoms with E-state index in [0.717, 1.165) is 27.6 Å². The normalized spacial score (nSPS) is 10.7. The van der Waals surface area contributed by atoms with Crippen molar-refractivity contribution in [1.82, 2.24) is 9.97 Å². The van der Waals surface area contributed by atoms with Gasteiger partial charge in [0.1, 0.15) is 10.8 Å². The maximum absolute atomic E-state index is 12.3. The van der Waals surface area contributed by atoms with E-state index in [1.807, 2.05) is 47.8 Å². The van der Waals surface area contributed by atoms with E-state index in [4.69, 9.17) is 27.9 Å². The summed E-state index contributed by atoms with van der Waals surface area (Å²) in [5.41, 5.74) is 3.35. The lowest BCUT2D eigenvalue weighted by atomic mass is 10.1. The number of amides is 1. The van der Waals surface area contributed by atoms with Gasteiger partial charge in [0.25, 0.3) is 0 Å². The molecule has 0 unspecified atom stereocenters. The number of halogens is 2. The lowest BCUT2D eigenvalue weighted by Gasteiger charge is -2.09. The third-order valence-corrected chi connectivity index (χ3v) is 5.93. The van der Waals surface area contributed by atoms with Crippen LogP contribution in [0.25, 0.3) is 22.0 Å². The number of carbonyl (C=O) groups is 1. The molecule has 0 fully saturated rings. The second-order valence-electron chi connectivity index (χ2n) is 6.91. The Labute approximate surface area is 200 Å². The molecule has 0 atom stereocenters. The van der Waals surface area contributed by atoms with E-state index in [9.17, 15) is 4.79 Å². The summed E-state index contributed by atoms with van der Waals surface area (Å²) in [5.74, 6) is 0.470. The van der Waals surface area contributed by atoms with Crippen LogP contribution in [0.15, 0.2) is 72.2 Å². The number of benzene rings is 2. The molecule has 1 amide bonds. The van der Waals surface area contributed by atoms with Crippen molar-refractivity contribution in [3.8, 4) is 27.7 Å². The Kier molecular flexibility index (Phi) is 7.37. The number of carbonyl (C=O) groups excluding carboxylic acids is 1. The molecular formula is C24H19Cl2N3O2S. The number of ether oxygens (including phenoxy) is 1. The van der Waals surface area contributed by atoms with E-state index in [-0.39, 0.29) is 5.91 Å². The molecule has 2 heterocycles. The van der Waals surface area contributed by atoms with E-state index in [2.05, 4.69) is 15.3 Å². The maximum atomic E-state index is 12.3. The molecular weight excluding hydrogens is 465 g/mol. The maximum Gasteiger partial charge on any atom is 0.224 e. The number of hydrogen-bond donors (Lipinski definition) is 1. The van der Waals surface area contributed by atoms with Crippen molar-refractivity contribution in [2.24, 2.45) is 0 Å². The number of anilines is 1. The van der Waals surface area contributed by atoms with Gasteiger partial charge in [-0.25, -0.2) is 4.98 Å². The Morgan fingerprint density at radius 2 is 1.94 bits per heavy atom. The second-order valence-corrected chi connectivity index (χ2v) is 8.61. The van der Waals surface area contributed by atoms with Crippen molar-refractivity contribution in [3.63, 3.8) is 0 Å². The Balaban J connectivity index is 1.31. The van der Waals surface area contributed by atoms with E-state index in [0.29, 0.717) is 35.2 Å². The van der Waals surface area contributed by atoms with Crippen LogP contribution in [0.5, 0.6) is 5.75 Å². The highest BCUT2D eigenvalue weighted by molar-refractivity contribution is 7.13. The average molecular weight is 484 g/mol. The third-order valence-electron chi connectivity index (χ3n) is 4.53. The van der Waals surface area contributed by atoms with Crippen LogP contribution in [-0.4, -0.2) is 22.5 Å². The molecule has 0 saturated heterocycles. The van der Waals surface area contributed by atoms with Crippen LogP contribution in [-0.2, 0) is 4.79 Å². The van der Waals surface area contributed by atoms with Gasteiger partial charge in [-0.3, -0.25) is 9.78 Å². The van der Waals surface area contributed by atoms with Crippen molar-refractivity contribution >= 4 is 46.1 Å². The number of pyridine rings is 1. The fraction of sp³-hybridized carbons (Fsp3) is 0.125. The molecule has 0 radical (unpaired) electrons. The number of hydrogen-bond acceptors (Lipinski definition) is 5. The first-order valence-corrected chi connectivity index (χ1v) is 11.6. The molecule has 0 saturated carbocycles. The first-order chi connectivity index (χ1) is 15.6. The summed E-state index contributed by atoms with van der Waals surface area (Å²) in [6.07, 6.45) is 2.64. The molecule has 2 aromatic heterocycles. The monoisotopic (exact) mass is 483 g/mol. The smallest absolute Gasteiger partial charge is 0.224 e. The van der Waals surface area contributed by atoms with Crippen LogP contribution in [0.2, 0.25) is 10.0 Å². The molecule has 162 valence electrons. The van der Waals surface area contributed by atoms with Gasteiger partial charge in [-0.05, 0) is 48.9 Å². The molecule has 1 N–H and O–H groups in total. The fourth-order valence-corrected chi connectivity index (χ4v) is 4.27. The Morgan fingerprint density at radius 1 is 1.03 bits per heavy atom. The Hall–Kier alpha value is -2.93. The van der Waals surface area contributed by atoms with Crippen molar-refractivity contribution in [1.29, 1.82) is 0 Å². The van der Waals surface area contributed by atoms with Crippen LogP contribution >= 0.6 is 34.5 Å². The zero-order valence-electron chi connectivity index (χ0n) is 16.9. The lowest BCUT2D eigenvalue weighted by molar-refractivity contribution is -0.116. The van der Waals surface area contributed by atoms with E-state index in [1.54, 1.807) is 24.4 Å². The molecule has 32 heavy (non-hydrogen) atoms. The van der Waals surface area contributed by atoms with Crippen molar-refractivity contribution in [2.75, 3.05) is 11.9 Å². The molecule has 0 aliphatic rings. The summed E-state index contributed by atoms with van der Waals surface area (Å²) < 4.78 is 5.63. The van der Waals surface area contributed by atoms with Crippen molar-refractivity contribution in [3.05, 3.63) is 82.3 Å². The third kappa shape index (κ3) is 5.85. The predicted octanol–water partition coefficient (Wildman–Crippen LogP) is 6.98. The van der Waals surface area contributed by atoms with Crippen LogP contribution in [0.1, 0.15) is 12.8 Å². The topological polar surface area (TPSA) is 64.1 Å². The quantitative estimate of drug-likeness (QED) is 0.274. The minimum Gasteiger partial charge on any atom is -0.492 e. The van der Waals surface area contributed by atoms with Gasteiger partial charge in [0.2, 0.25) is 5.91 Å². The van der Waals surface area contributed by atoms with Crippen LogP contribution in [0, 0.1) is 0 Å². The summed E-state index contributed by atoms with van der Waals surface area (Å²) in [7, 11) is 0. The molecule has 2 aromatic carbocycles. The average Bonchev–Trinajstić information content (AvgIpc) is 3.29. The Bertz CT molecular complexity index is 1210. The number of nitrogens with zero attached hydrogens (tertiary/aromatic N) is 2. The van der Waals surface area contributed by atoms with Gasteiger partial charge in [-0.1, -0.05) is 41.4 Å². The highest BCUT2D eigenvalue weighted by atomic mass is 35.5. The number of thiazole rings is 1. The summed E-state index contributed by atoms with van der Waals surface area (Å²) in [6.45, 7) is 0.379. The minimum absolute atomic E-state index is 0.0830. The molecule has 0 aliphatic heterocycles. The highest BCUT2D eigenvalue weighted by Crippen LogP contribution is 2.29. The van der Waals surface area contributed by atoms with Crippen LogP contribution in [0.4, 0.5) is 5.69 Å². The van der Waals surface area contributed by atoms with E-state index < -0.39 is 0 Å². The molecule has 0 aliphatic carbocycles. The summed E-state index contributed by atoms with van der Waals surface area (Å²) in [6, 6.07) is 18.4. The summed E-state index contributed by atoms with van der Waals surface area (Å²) in [4.78, 5) is 21.4. The molecule has 4 rings (SSSR count). The summed E-state index contributed by atoms with van der Waals surface area (Å²) >= 11 is 13.5. The lowest BCUT2D eigenvalue weighted by Crippen LogP contribution is -2.12. The first kappa shape index (κ1) is 22.3. The van der Waals surface area contributed by atoms with Gasteiger partial charge in [-0.15, -0.1) is 11.3 Å². The van der Waals surface area contributed by atoms with Gasteiger partial charge in [0.05, 0.1) is 23.0 Å². The molecule has 5 nitrogen and oxygen atoms in total. The van der Waals surface area contributed by atoms with E-state index in [1.165, 1.54) is 11.3 Å². The van der Waals surface area contributed by atoms with Crippen LogP contribution in [0.3, 0.4) is 0 Å². The van der Waals surface area contributed by atoms with Gasteiger partial charge in [0.15, 0.2) is 0 Å². The van der Waals surface area contributed by atoms with E-state index >= 15 is 0 Å². The zero-order valence-corrected chi connectivity index (χ0v) is 19.3. The van der Waals surface area contributed by atoms with Gasteiger partial charge in [0, 0.05) is 34.3 Å². The number of rotatable bonds is 8. The SMILES string of the molecule is O=C(CCCOc1ccc(Cl)cc1Cl)Nc1cccc(-c2csc(-c3ccccn3)n2)c1. The number of aromatic nitrogens is 2. The van der Waals surface area contributed by atoms with Crippen molar-refractivity contribution < 1.29 is 9.53 Å². The van der Waals surface area contributed by atoms with Gasteiger partial charge >= 0.3 is 0 Å². The second kappa shape index (κ2) is 10.6. The molecule has 4 aromatic rings. The molecule has 8 heteroatoms. The van der Waals surface area contributed by atoms with Crippen LogP contribution < -0.4 is 10.1 Å². The Morgan fingerprint density at radius 3 is 2.75 bits per heavy atom. The minimum atomic E-state index is -0.0830. The first-order valence-electron chi connectivity index (χ1n) is 9.93. The highest BCUT2D eigenvalue weighted by Gasteiger charge is 2.09. The fourth-order valence-electron chi connectivity index (χ4n) is 3.00. The summed E-state index contributed by atoms with van der Waals surface area (Å²) in [5, 5.41) is 6.78. The number of nitrogens with one attached hydrogen (secondary N) is 1. The standard InChI is InChI=1S/C24H19Cl2N3O2S/c25-17-9-10-22(19(26)14-17)31-12-4-8-23(30)28-18-6-3-5-16(13-18)21-15-32-24(29-21)20-7-1-2-11-27-20/h1-3,5-7,9-11,13-15H,4,8,12H2,(H,28,30). The molecule has 0 spiro atoms. The zero-order chi connectivity index (χ0) is 22.3. The van der Waals surface area contributed by atoms with Gasteiger partial charge < -0.3 is 10.1 Å². The molecule has 0 bridgehead atoms. The predicted molar refractivity (Wildman–Crippen MR) is 131 cm³/mol. The largest absolute Gasteiger partial charge is 0.492 e.